The Morgan fingerprint density at radius 1 is 0.850 bits per heavy atom. The fourth-order valence-corrected chi connectivity index (χ4v) is 1.47. The van der Waals surface area contributed by atoms with Crippen molar-refractivity contribution in [3.8, 4) is 0 Å². The van der Waals surface area contributed by atoms with E-state index in [4.69, 9.17) is 20.4 Å². The molecule has 20 heavy (non-hydrogen) atoms. The smallest absolute Gasteiger partial charge is 0.333 e. The summed E-state index contributed by atoms with van der Waals surface area (Å²) in [5.41, 5.74) is -3.14. The molecule has 0 aliphatic rings. The van der Waals surface area contributed by atoms with E-state index in [0.29, 0.717) is 0 Å². The maximum atomic E-state index is 11.2. The highest BCUT2D eigenvalue weighted by Crippen LogP contribution is 2.24. The zero-order valence-corrected chi connectivity index (χ0v) is 11.7. The van der Waals surface area contributed by atoms with E-state index in [1.807, 2.05) is 0 Å². The molecular formula is C12H22N2O6. The lowest BCUT2D eigenvalue weighted by Gasteiger charge is -2.23. The molecule has 0 aromatic carbocycles. The third-order valence-corrected chi connectivity index (χ3v) is 3.06. The number of nitrogens with zero attached hydrogens (tertiary/aromatic N) is 2. The second kappa shape index (κ2) is 7.91. The molecule has 0 fully saturated rings. The predicted molar refractivity (Wildman–Crippen MR) is 69.6 cm³/mol. The summed E-state index contributed by atoms with van der Waals surface area (Å²) in [5, 5.41) is 43.2. The molecule has 0 aromatic rings. The number of carboxylic acids is 2. The van der Waals surface area contributed by atoms with Crippen molar-refractivity contribution >= 4 is 11.9 Å². The standard InChI is InChI=1S/C12H22N2O6/c1-11(9(17)18,5-3-7-15)13-14-12(2,10(19)20)6-4-8-16/h15-16H,3-8H2,1-2H3,(H,17,18)(H,19,20). The second-order valence-electron chi connectivity index (χ2n) is 5.01. The summed E-state index contributed by atoms with van der Waals surface area (Å²) in [4.78, 5) is 22.4. The van der Waals surface area contributed by atoms with Crippen molar-refractivity contribution in [3.05, 3.63) is 0 Å². The molecule has 0 radical (unpaired) electrons. The molecule has 8 heteroatoms. The number of aliphatic hydroxyl groups excluding tert-OH is 2. The molecule has 0 rings (SSSR count). The van der Waals surface area contributed by atoms with Crippen LogP contribution in [0.4, 0.5) is 0 Å². The van der Waals surface area contributed by atoms with Crippen molar-refractivity contribution in [3.63, 3.8) is 0 Å². The van der Waals surface area contributed by atoms with Gasteiger partial charge in [-0.1, -0.05) is 0 Å². The molecule has 0 heterocycles. The van der Waals surface area contributed by atoms with Gasteiger partial charge in [-0.15, -0.1) is 0 Å². The molecule has 0 aliphatic carbocycles. The average Bonchev–Trinajstić information content (AvgIpc) is 2.40. The van der Waals surface area contributed by atoms with Gasteiger partial charge in [0.05, 0.1) is 0 Å². The van der Waals surface area contributed by atoms with Gasteiger partial charge in [0, 0.05) is 13.2 Å². The van der Waals surface area contributed by atoms with E-state index in [2.05, 4.69) is 10.2 Å². The number of azo groups is 1. The molecule has 0 saturated heterocycles. The average molecular weight is 290 g/mol. The van der Waals surface area contributed by atoms with Crippen LogP contribution in [-0.4, -0.2) is 56.7 Å². The molecule has 0 amide bonds. The first-order valence-corrected chi connectivity index (χ1v) is 6.34. The van der Waals surface area contributed by atoms with Gasteiger partial charge in [-0.25, -0.2) is 9.59 Å². The van der Waals surface area contributed by atoms with E-state index in [-0.39, 0.29) is 38.9 Å². The van der Waals surface area contributed by atoms with Crippen LogP contribution in [0.3, 0.4) is 0 Å². The Morgan fingerprint density at radius 3 is 1.35 bits per heavy atom. The summed E-state index contributed by atoms with van der Waals surface area (Å²) in [6.07, 6.45) is 0.556. The molecule has 2 unspecified atom stereocenters. The van der Waals surface area contributed by atoms with Crippen LogP contribution in [0.5, 0.6) is 0 Å². The number of carboxylic acid groups (broad SMARTS) is 2. The summed E-state index contributed by atoms with van der Waals surface area (Å²) in [6, 6.07) is 0. The van der Waals surface area contributed by atoms with E-state index >= 15 is 0 Å². The Kier molecular flexibility index (Phi) is 7.30. The summed E-state index contributed by atoms with van der Waals surface area (Å²) in [7, 11) is 0. The second-order valence-corrected chi connectivity index (χ2v) is 5.01. The zero-order chi connectivity index (χ0) is 15.8. The fourth-order valence-electron chi connectivity index (χ4n) is 1.47. The van der Waals surface area contributed by atoms with Crippen LogP contribution in [-0.2, 0) is 9.59 Å². The predicted octanol–water partition coefficient (Wildman–Crippen LogP) is 0.670. The van der Waals surface area contributed by atoms with E-state index in [9.17, 15) is 9.59 Å². The fraction of sp³-hybridized carbons (Fsp3) is 0.833. The molecule has 0 saturated carbocycles. The van der Waals surface area contributed by atoms with E-state index in [1.165, 1.54) is 13.8 Å². The number of carbonyl (C=O) groups is 2. The summed E-state index contributed by atoms with van der Waals surface area (Å²) in [6.45, 7) is 2.28. The van der Waals surface area contributed by atoms with Gasteiger partial charge in [0.2, 0.25) is 0 Å². The van der Waals surface area contributed by atoms with Gasteiger partial charge < -0.3 is 20.4 Å². The normalized spacial score (nSPS) is 17.6. The van der Waals surface area contributed by atoms with Gasteiger partial charge in [-0.3, -0.25) is 0 Å². The molecule has 4 N–H and O–H groups in total. The molecule has 8 nitrogen and oxygen atoms in total. The number of hydrogen-bond donors (Lipinski definition) is 4. The SMILES string of the molecule is CC(CCCO)(N=NC(C)(CCCO)C(=O)O)C(=O)O. The first kappa shape index (κ1) is 18.5. The van der Waals surface area contributed by atoms with Crippen molar-refractivity contribution < 1.29 is 30.0 Å². The minimum atomic E-state index is -1.57. The highest BCUT2D eigenvalue weighted by molar-refractivity contribution is 5.79. The minimum absolute atomic E-state index is 0.0536. The Balaban J connectivity index is 5.14. The number of aliphatic carboxylic acids is 2. The van der Waals surface area contributed by atoms with Crippen LogP contribution in [0, 0.1) is 0 Å². The van der Waals surface area contributed by atoms with Crippen molar-refractivity contribution in [1.82, 2.24) is 0 Å². The lowest BCUT2D eigenvalue weighted by molar-refractivity contribution is -0.145. The third kappa shape index (κ3) is 5.22. The van der Waals surface area contributed by atoms with Crippen molar-refractivity contribution in [2.75, 3.05) is 13.2 Å². The zero-order valence-electron chi connectivity index (χ0n) is 11.7. The number of hydrogen-bond acceptors (Lipinski definition) is 6. The van der Waals surface area contributed by atoms with Crippen LogP contribution in [0.1, 0.15) is 39.5 Å². The Bertz CT molecular complexity index is 339. The van der Waals surface area contributed by atoms with Gasteiger partial charge in [0.15, 0.2) is 11.1 Å². The van der Waals surface area contributed by atoms with Crippen LogP contribution >= 0.6 is 0 Å². The molecule has 116 valence electrons. The Morgan fingerprint density at radius 2 is 1.15 bits per heavy atom. The third-order valence-electron chi connectivity index (χ3n) is 3.06. The van der Waals surface area contributed by atoms with Gasteiger partial charge in [0.1, 0.15) is 0 Å². The van der Waals surface area contributed by atoms with Crippen LogP contribution in [0.15, 0.2) is 10.2 Å². The number of aliphatic hydroxyl groups is 2. The molecule has 0 aliphatic heterocycles. The van der Waals surface area contributed by atoms with Crippen molar-refractivity contribution in [2.24, 2.45) is 10.2 Å². The molecule has 0 aromatic heterocycles. The Hall–Kier alpha value is -1.54. The Labute approximate surface area is 117 Å². The molecule has 2 atom stereocenters. The van der Waals surface area contributed by atoms with Crippen molar-refractivity contribution in [1.29, 1.82) is 0 Å². The lowest BCUT2D eigenvalue weighted by Crippen LogP contribution is -2.37. The monoisotopic (exact) mass is 290 g/mol. The van der Waals surface area contributed by atoms with E-state index in [1.54, 1.807) is 0 Å². The van der Waals surface area contributed by atoms with E-state index in [0.717, 1.165) is 0 Å². The highest BCUT2D eigenvalue weighted by Gasteiger charge is 2.37. The molecular weight excluding hydrogens is 268 g/mol. The minimum Gasteiger partial charge on any atom is -0.479 e. The maximum Gasteiger partial charge on any atom is 0.333 e. The van der Waals surface area contributed by atoms with E-state index < -0.39 is 23.0 Å². The van der Waals surface area contributed by atoms with Crippen LogP contribution < -0.4 is 0 Å². The first-order valence-electron chi connectivity index (χ1n) is 6.34. The van der Waals surface area contributed by atoms with Crippen LogP contribution in [0.25, 0.3) is 0 Å². The molecule has 0 bridgehead atoms. The number of rotatable bonds is 10. The first-order chi connectivity index (χ1) is 9.22. The van der Waals surface area contributed by atoms with Gasteiger partial charge in [-0.05, 0) is 39.5 Å². The van der Waals surface area contributed by atoms with Gasteiger partial charge in [0.25, 0.3) is 0 Å². The van der Waals surface area contributed by atoms with Crippen molar-refractivity contribution in [2.45, 2.75) is 50.6 Å². The summed E-state index contributed by atoms with van der Waals surface area (Å²) in [5.74, 6) is -2.46. The summed E-state index contributed by atoms with van der Waals surface area (Å²) >= 11 is 0. The lowest BCUT2D eigenvalue weighted by atomic mass is 9.96. The summed E-state index contributed by atoms with van der Waals surface area (Å²) < 4.78 is 0. The topological polar surface area (TPSA) is 140 Å². The van der Waals surface area contributed by atoms with Gasteiger partial charge in [-0.2, -0.15) is 10.2 Å². The van der Waals surface area contributed by atoms with Crippen LogP contribution in [0.2, 0.25) is 0 Å². The maximum absolute atomic E-state index is 11.2. The highest BCUT2D eigenvalue weighted by atomic mass is 16.4. The molecule has 0 spiro atoms. The quantitative estimate of drug-likeness (QED) is 0.436. The van der Waals surface area contributed by atoms with Gasteiger partial charge >= 0.3 is 11.9 Å². The largest absolute Gasteiger partial charge is 0.479 e.